The average molecular weight is 331 g/mol. The molecule has 3 heterocycles. The summed E-state index contributed by atoms with van der Waals surface area (Å²) >= 11 is 0. The number of benzene rings is 2. The number of hydrogen-bond donors (Lipinski definition) is 0. The highest BCUT2D eigenvalue weighted by molar-refractivity contribution is 6.24. The molecule has 124 valence electrons. The molecule has 0 saturated carbocycles. The fraction of sp³-hybridized carbons (Fsp3) is 0.238. The Hall–Kier alpha value is -2.72. The van der Waals surface area contributed by atoms with E-state index in [1.807, 2.05) is 73.7 Å². The van der Waals surface area contributed by atoms with E-state index in [9.17, 15) is 9.59 Å². The van der Waals surface area contributed by atoms with E-state index in [1.54, 1.807) is 0 Å². The highest BCUT2D eigenvalue weighted by atomic mass is 16.5. The van der Waals surface area contributed by atoms with Crippen LogP contribution in [-0.4, -0.2) is 23.5 Å². The highest BCUT2D eigenvalue weighted by Gasteiger charge is 2.66. The number of nitrogens with zero attached hydrogens (tertiary/aromatic N) is 1. The number of imide groups is 1. The molecular weight excluding hydrogens is 314 g/mol. The summed E-state index contributed by atoms with van der Waals surface area (Å²) in [7, 11) is 0. The van der Waals surface area contributed by atoms with Gasteiger partial charge in [-0.05, 0) is 18.6 Å². The fourth-order valence-electron chi connectivity index (χ4n) is 4.42. The summed E-state index contributed by atoms with van der Waals surface area (Å²) in [4.78, 5) is 27.6. The third kappa shape index (κ3) is 1.86. The van der Waals surface area contributed by atoms with Crippen LogP contribution < -0.4 is 4.90 Å². The van der Waals surface area contributed by atoms with E-state index in [1.165, 1.54) is 4.90 Å². The monoisotopic (exact) mass is 331 g/mol. The largest absolute Gasteiger partial charge is 0.362 e. The van der Waals surface area contributed by atoms with Crippen molar-refractivity contribution in [1.29, 1.82) is 0 Å². The molecule has 2 saturated heterocycles. The lowest BCUT2D eigenvalue weighted by Crippen LogP contribution is -2.38. The Kier molecular flexibility index (Phi) is 2.86. The molecule has 3 aliphatic rings. The van der Waals surface area contributed by atoms with Gasteiger partial charge in [-0.15, -0.1) is 0 Å². The number of carbonyl (C=O) groups excluding carboxylic acids is 2. The summed E-state index contributed by atoms with van der Waals surface area (Å²) in [5.74, 6) is -1.16. The van der Waals surface area contributed by atoms with Gasteiger partial charge in [-0.1, -0.05) is 60.7 Å². The van der Waals surface area contributed by atoms with Crippen molar-refractivity contribution in [1.82, 2.24) is 0 Å². The van der Waals surface area contributed by atoms with Crippen LogP contribution in [0.3, 0.4) is 0 Å². The summed E-state index contributed by atoms with van der Waals surface area (Å²) in [5, 5.41) is 0. The van der Waals surface area contributed by atoms with Crippen molar-refractivity contribution in [3.8, 4) is 11.1 Å². The molecule has 2 aromatic rings. The Labute approximate surface area is 145 Å². The quantitative estimate of drug-likeness (QED) is 0.627. The number of ether oxygens (including phenoxy) is 1. The normalized spacial score (nSPS) is 32.5. The van der Waals surface area contributed by atoms with E-state index in [-0.39, 0.29) is 17.9 Å². The molecular formula is C21H17NO3. The smallest absolute Gasteiger partial charge is 0.241 e. The van der Waals surface area contributed by atoms with Gasteiger partial charge < -0.3 is 4.74 Å². The zero-order valence-corrected chi connectivity index (χ0v) is 13.8. The maximum absolute atomic E-state index is 13.2. The van der Waals surface area contributed by atoms with Crippen LogP contribution in [0.4, 0.5) is 5.69 Å². The van der Waals surface area contributed by atoms with Crippen LogP contribution in [0.1, 0.15) is 6.92 Å². The van der Waals surface area contributed by atoms with E-state index in [0.717, 1.165) is 11.1 Å². The molecule has 0 spiro atoms. The fourth-order valence-corrected chi connectivity index (χ4v) is 4.42. The molecule has 0 N–H and O–H groups in total. The number of amides is 2. The van der Waals surface area contributed by atoms with Gasteiger partial charge in [0.05, 0.1) is 29.2 Å². The van der Waals surface area contributed by atoms with E-state index in [2.05, 4.69) is 0 Å². The number of anilines is 1. The summed E-state index contributed by atoms with van der Waals surface area (Å²) in [6.45, 7) is 1.89. The summed E-state index contributed by atoms with van der Waals surface area (Å²) in [5.41, 5.74) is 1.86. The first-order chi connectivity index (χ1) is 12.1. The van der Waals surface area contributed by atoms with Gasteiger partial charge in [0.25, 0.3) is 0 Å². The molecule has 5 rings (SSSR count). The van der Waals surface area contributed by atoms with Crippen LogP contribution in [0.25, 0.3) is 11.1 Å². The van der Waals surface area contributed by atoms with Crippen molar-refractivity contribution >= 4 is 17.5 Å². The van der Waals surface area contributed by atoms with Crippen LogP contribution >= 0.6 is 0 Å². The molecule has 0 unspecified atom stereocenters. The molecule has 2 amide bonds. The topological polar surface area (TPSA) is 46.6 Å². The summed E-state index contributed by atoms with van der Waals surface area (Å²) in [6.07, 6.45) is 3.55. The predicted octanol–water partition coefficient (Wildman–Crippen LogP) is 3.19. The standard InChI is InChI=1S/C21H17NO3/c1-21-12-11-16(25-21)17-18(21)20(24)22(19(17)23)15-10-6-5-9-14(15)13-7-3-2-4-8-13/h2-12,16-18H,1H3/t16-,17-,18+,21+/m1/s1. The highest BCUT2D eigenvalue weighted by Crippen LogP contribution is 2.52. The van der Waals surface area contributed by atoms with Gasteiger partial charge in [-0.2, -0.15) is 0 Å². The van der Waals surface area contributed by atoms with Gasteiger partial charge in [0, 0.05) is 5.56 Å². The van der Waals surface area contributed by atoms with Gasteiger partial charge >= 0.3 is 0 Å². The first-order valence-corrected chi connectivity index (χ1v) is 8.49. The third-order valence-corrected chi connectivity index (χ3v) is 5.56. The zero-order valence-electron chi connectivity index (χ0n) is 13.8. The van der Waals surface area contributed by atoms with Gasteiger partial charge in [0.2, 0.25) is 11.8 Å². The molecule has 3 aliphatic heterocycles. The van der Waals surface area contributed by atoms with E-state index < -0.39 is 17.4 Å². The molecule has 2 bridgehead atoms. The maximum atomic E-state index is 13.2. The molecule has 2 fully saturated rings. The maximum Gasteiger partial charge on any atom is 0.241 e. The van der Waals surface area contributed by atoms with Crippen molar-refractivity contribution in [3.63, 3.8) is 0 Å². The van der Waals surface area contributed by atoms with E-state index in [4.69, 9.17) is 4.74 Å². The number of carbonyl (C=O) groups is 2. The van der Waals surface area contributed by atoms with Crippen LogP contribution in [0.2, 0.25) is 0 Å². The molecule has 4 atom stereocenters. The lowest BCUT2D eigenvalue weighted by atomic mass is 9.78. The second-order valence-corrected chi connectivity index (χ2v) is 7.02. The SMILES string of the molecule is C[C@@]12C=C[C@@H](O1)[C@H]1C(=O)N(c3ccccc3-c3ccccc3)C(=O)[C@H]12. The minimum absolute atomic E-state index is 0.156. The Morgan fingerprint density at radius 1 is 0.960 bits per heavy atom. The van der Waals surface area contributed by atoms with Crippen molar-refractivity contribution in [2.75, 3.05) is 4.90 Å². The Bertz CT molecular complexity index is 920. The summed E-state index contributed by atoms with van der Waals surface area (Å²) in [6, 6.07) is 17.4. The third-order valence-electron chi connectivity index (χ3n) is 5.56. The number of hydrogen-bond acceptors (Lipinski definition) is 3. The van der Waals surface area contributed by atoms with E-state index >= 15 is 0 Å². The number of para-hydroxylation sites is 1. The zero-order chi connectivity index (χ0) is 17.2. The second-order valence-electron chi connectivity index (χ2n) is 7.02. The Morgan fingerprint density at radius 3 is 2.44 bits per heavy atom. The van der Waals surface area contributed by atoms with Gasteiger partial charge in [0.15, 0.2) is 0 Å². The molecule has 0 aliphatic carbocycles. The summed E-state index contributed by atoms with van der Waals surface area (Å²) < 4.78 is 5.89. The Morgan fingerprint density at radius 2 is 1.68 bits per heavy atom. The Balaban J connectivity index is 1.63. The van der Waals surface area contributed by atoms with Crippen LogP contribution in [0, 0.1) is 11.8 Å². The molecule has 2 aromatic carbocycles. The number of fused-ring (bicyclic) bond motifs is 5. The number of rotatable bonds is 2. The first-order valence-electron chi connectivity index (χ1n) is 8.49. The van der Waals surface area contributed by atoms with Gasteiger partial charge in [-0.3, -0.25) is 9.59 Å². The van der Waals surface area contributed by atoms with Gasteiger partial charge in [-0.25, -0.2) is 4.90 Å². The molecule has 0 radical (unpaired) electrons. The van der Waals surface area contributed by atoms with E-state index in [0.29, 0.717) is 5.69 Å². The van der Waals surface area contributed by atoms with Crippen LogP contribution in [-0.2, 0) is 14.3 Å². The van der Waals surface area contributed by atoms with Crippen LogP contribution in [0.15, 0.2) is 66.7 Å². The van der Waals surface area contributed by atoms with Crippen LogP contribution in [0.5, 0.6) is 0 Å². The molecule has 4 nitrogen and oxygen atoms in total. The minimum atomic E-state index is -0.668. The predicted molar refractivity (Wildman–Crippen MR) is 93.8 cm³/mol. The average Bonchev–Trinajstić information content (AvgIpc) is 3.24. The lowest BCUT2D eigenvalue weighted by molar-refractivity contribution is -0.126. The van der Waals surface area contributed by atoms with Crippen molar-refractivity contribution in [3.05, 3.63) is 66.7 Å². The van der Waals surface area contributed by atoms with Crippen molar-refractivity contribution in [2.45, 2.75) is 18.6 Å². The molecule has 4 heteroatoms. The second kappa shape index (κ2) is 4.90. The first kappa shape index (κ1) is 14.6. The lowest BCUT2D eigenvalue weighted by Gasteiger charge is -2.25. The van der Waals surface area contributed by atoms with Crippen molar-refractivity contribution in [2.24, 2.45) is 11.8 Å². The molecule has 0 aromatic heterocycles. The minimum Gasteiger partial charge on any atom is -0.362 e. The van der Waals surface area contributed by atoms with Gasteiger partial charge in [0.1, 0.15) is 0 Å². The van der Waals surface area contributed by atoms with Crippen molar-refractivity contribution < 1.29 is 14.3 Å². The molecule has 25 heavy (non-hydrogen) atoms.